The van der Waals surface area contributed by atoms with Crippen molar-refractivity contribution in [3.8, 4) is 11.3 Å². The zero-order valence-corrected chi connectivity index (χ0v) is 18.8. The molecular weight excluding hydrogens is 438 g/mol. The van der Waals surface area contributed by atoms with Gasteiger partial charge in [-0.15, -0.1) is 0 Å². The smallest absolute Gasteiger partial charge is 0.269 e. The van der Waals surface area contributed by atoms with Gasteiger partial charge in [0.05, 0.1) is 10.6 Å². The monoisotopic (exact) mass is 459 g/mol. The Bertz CT molecular complexity index is 1660. The number of fused-ring (bicyclic) bond motifs is 2. The zero-order valence-electron chi connectivity index (χ0n) is 18.0. The molecule has 8 nitrogen and oxygen atoms in total. The molecule has 0 atom stereocenters. The van der Waals surface area contributed by atoms with Gasteiger partial charge in [0.2, 0.25) is 0 Å². The van der Waals surface area contributed by atoms with E-state index in [1.807, 2.05) is 42.9 Å². The van der Waals surface area contributed by atoms with E-state index in [-0.39, 0.29) is 10.7 Å². The van der Waals surface area contributed by atoms with Crippen molar-refractivity contribution in [2.24, 2.45) is 17.9 Å². The highest BCUT2D eigenvalue weighted by molar-refractivity contribution is 7.90. The van der Waals surface area contributed by atoms with Crippen LogP contribution in [0.1, 0.15) is 11.1 Å². The number of benzene rings is 2. The minimum atomic E-state index is -3.95. The summed E-state index contributed by atoms with van der Waals surface area (Å²) in [5.74, 6) is -0.0267. The molecule has 166 valence electrons. The number of nitrogens with zero attached hydrogens (tertiary/aromatic N) is 4. The first-order valence-electron chi connectivity index (χ1n) is 10.2. The Kier molecular flexibility index (Phi) is 4.71. The van der Waals surface area contributed by atoms with Gasteiger partial charge in [-0.05, 0) is 55.5 Å². The first-order valence-corrected chi connectivity index (χ1v) is 11.6. The van der Waals surface area contributed by atoms with Gasteiger partial charge < -0.3 is 15.5 Å². The van der Waals surface area contributed by atoms with Crippen molar-refractivity contribution < 1.29 is 13.6 Å². The van der Waals surface area contributed by atoms with Crippen molar-refractivity contribution in [1.29, 1.82) is 0 Å². The Labute approximate surface area is 190 Å². The normalized spacial score (nSPS) is 12.6. The maximum Gasteiger partial charge on any atom is 0.269 e. The van der Waals surface area contributed by atoms with Crippen LogP contribution in [0.5, 0.6) is 0 Å². The number of aromatic nitrogens is 3. The molecule has 0 fully saturated rings. The third kappa shape index (κ3) is 3.25. The molecule has 0 aliphatic rings. The molecule has 0 aliphatic heterocycles. The van der Waals surface area contributed by atoms with Crippen LogP contribution < -0.4 is 5.73 Å². The quantitative estimate of drug-likeness (QED) is 0.183. The second kappa shape index (κ2) is 7.49. The Hall–Kier alpha value is -4.11. The van der Waals surface area contributed by atoms with Crippen LogP contribution in [0, 0.1) is 6.92 Å². The van der Waals surface area contributed by atoms with E-state index >= 15 is 0 Å². The number of aryl methyl sites for hydroxylation is 2. The summed E-state index contributed by atoms with van der Waals surface area (Å²) in [6, 6.07) is 17.6. The summed E-state index contributed by atoms with van der Waals surface area (Å²) in [5.41, 5.74) is 9.69. The molecule has 0 aliphatic carbocycles. The van der Waals surface area contributed by atoms with Crippen molar-refractivity contribution in [3.63, 3.8) is 0 Å². The lowest BCUT2D eigenvalue weighted by Crippen LogP contribution is -2.15. The van der Waals surface area contributed by atoms with Crippen LogP contribution in [0.25, 0.3) is 33.2 Å². The predicted octanol–water partition coefficient (Wildman–Crippen LogP) is 3.83. The number of oxime groups is 1. The van der Waals surface area contributed by atoms with E-state index < -0.39 is 10.0 Å². The van der Waals surface area contributed by atoms with E-state index in [0.29, 0.717) is 27.9 Å². The molecule has 0 bridgehead atoms. The fourth-order valence-electron chi connectivity index (χ4n) is 4.07. The third-order valence-electron chi connectivity index (χ3n) is 5.75. The maximum absolute atomic E-state index is 13.8. The van der Waals surface area contributed by atoms with Gasteiger partial charge >= 0.3 is 0 Å². The molecule has 33 heavy (non-hydrogen) atoms. The number of nitrogens with two attached hydrogens (primary N) is 1. The summed E-state index contributed by atoms with van der Waals surface area (Å²) < 4.78 is 30.8. The summed E-state index contributed by atoms with van der Waals surface area (Å²) in [7, 11) is -2.07. The van der Waals surface area contributed by atoms with E-state index in [1.165, 1.54) is 3.97 Å². The topological polar surface area (TPSA) is 116 Å². The van der Waals surface area contributed by atoms with Gasteiger partial charge in [0.1, 0.15) is 0 Å². The second-order valence-corrected chi connectivity index (χ2v) is 9.69. The lowest BCUT2D eigenvalue weighted by atomic mass is 10.1. The lowest BCUT2D eigenvalue weighted by molar-refractivity contribution is 0.318. The largest absolute Gasteiger partial charge is 0.409 e. The van der Waals surface area contributed by atoms with Crippen LogP contribution in [-0.2, 0) is 17.1 Å². The molecular formula is C24H21N5O3S. The van der Waals surface area contributed by atoms with Crippen molar-refractivity contribution in [2.45, 2.75) is 11.8 Å². The fourth-order valence-corrected chi connectivity index (χ4v) is 5.55. The van der Waals surface area contributed by atoms with E-state index in [2.05, 4.69) is 10.1 Å². The number of amidine groups is 1. The SMILES string of the molecule is Cc1ccc(S(=O)(=O)n2c(-c3cn(C)c4ccc(/C(N)=N\O)cc34)cc3cccnc32)cc1. The summed E-state index contributed by atoms with van der Waals surface area (Å²) in [6.45, 7) is 1.91. The van der Waals surface area contributed by atoms with Crippen LogP contribution in [-0.4, -0.2) is 33.0 Å². The summed E-state index contributed by atoms with van der Waals surface area (Å²) >= 11 is 0. The third-order valence-corrected chi connectivity index (χ3v) is 7.47. The number of hydrogen-bond donors (Lipinski definition) is 2. The Morgan fingerprint density at radius 1 is 1.09 bits per heavy atom. The highest BCUT2D eigenvalue weighted by atomic mass is 32.2. The Morgan fingerprint density at radius 3 is 2.58 bits per heavy atom. The van der Waals surface area contributed by atoms with Gasteiger partial charge in [-0.1, -0.05) is 22.9 Å². The fraction of sp³-hybridized carbons (Fsp3) is 0.0833. The molecule has 3 N–H and O–H groups in total. The highest BCUT2D eigenvalue weighted by Crippen LogP contribution is 2.36. The summed E-state index contributed by atoms with van der Waals surface area (Å²) in [5, 5.41) is 13.7. The molecule has 2 aromatic carbocycles. The van der Waals surface area contributed by atoms with Gasteiger partial charge in [0.15, 0.2) is 11.5 Å². The molecule has 9 heteroatoms. The van der Waals surface area contributed by atoms with E-state index in [1.54, 1.807) is 48.7 Å². The van der Waals surface area contributed by atoms with Gasteiger partial charge in [0.25, 0.3) is 10.0 Å². The van der Waals surface area contributed by atoms with Crippen LogP contribution in [0.15, 0.2) is 83.1 Å². The maximum atomic E-state index is 13.8. The average molecular weight is 460 g/mol. The van der Waals surface area contributed by atoms with Crippen LogP contribution in [0.3, 0.4) is 0 Å². The van der Waals surface area contributed by atoms with Crippen LogP contribution in [0.2, 0.25) is 0 Å². The first kappa shape index (κ1) is 20.8. The minimum Gasteiger partial charge on any atom is -0.409 e. The second-order valence-electron chi connectivity index (χ2n) is 7.90. The predicted molar refractivity (Wildman–Crippen MR) is 128 cm³/mol. The van der Waals surface area contributed by atoms with Crippen LogP contribution >= 0.6 is 0 Å². The molecule has 3 aromatic heterocycles. The van der Waals surface area contributed by atoms with Crippen molar-refractivity contribution in [3.05, 3.63) is 84.2 Å². The molecule has 0 spiro atoms. The highest BCUT2D eigenvalue weighted by Gasteiger charge is 2.26. The number of rotatable bonds is 4. The summed E-state index contributed by atoms with van der Waals surface area (Å²) in [4.78, 5) is 4.56. The van der Waals surface area contributed by atoms with Crippen molar-refractivity contribution >= 4 is 37.8 Å². The molecule has 0 saturated carbocycles. The van der Waals surface area contributed by atoms with E-state index in [0.717, 1.165) is 16.5 Å². The number of hydrogen-bond acceptors (Lipinski definition) is 5. The van der Waals surface area contributed by atoms with E-state index in [9.17, 15) is 8.42 Å². The molecule has 0 saturated heterocycles. The minimum absolute atomic E-state index is 0.0267. The molecule has 3 heterocycles. The molecule has 5 aromatic rings. The lowest BCUT2D eigenvalue weighted by Gasteiger charge is -2.12. The van der Waals surface area contributed by atoms with Gasteiger partial charge in [0, 0.05) is 46.9 Å². The van der Waals surface area contributed by atoms with Gasteiger partial charge in [-0.3, -0.25) is 0 Å². The standard InChI is InChI=1S/C24H21N5O3S/c1-15-5-8-18(9-6-15)33(31,32)29-22(13-17-4-3-11-26-24(17)29)20-14-28(2)21-10-7-16(12-19(20)21)23(25)27-30/h3-14,30H,1-2H3,(H2,25,27). The van der Waals surface area contributed by atoms with Crippen molar-refractivity contribution in [2.75, 3.05) is 0 Å². The van der Waals surface area contributed by atoms with Crippen molar-refractivity contribution in [1.82, 2.24) is 13.5 Å². The molecule has 0 amide bonds. The van der Waals surface area contributed by atoms with E-state index in [4.69, 9.17) is 10.9 Å². The van der Waals surface area contributed by atoms with Gasteiger partial charge in [-0.25, -0.2) is 17.4 Å². The van der Waals surface area contributed by atoms with Crippen LogP contribution in [0.4, 0.5) is 0 Å². The molecule has 0 unspecified atom stereocenters. The molecule has 5 rings (SSSR count). The Morgan fingerprint density at radius 2 is 1.85 bits per heavy atom. The Balaban J connectivity index is 1.85. The zero-order chi connectivity index (χ0) is 23.3. The molecule has 0 radical (unpaired) electrons. The summed E-state index contributed by atoms with van der Waals surface area (Å²) in [6.07, 6.45) is 3.45. The number of pyridine rings is 1. The first-order chi connectivity index (χ1) is 15.8. The average Bonchev–Trinajstić information content (AvgIpc) is 3.36. The van der Waals surface area contributed by atoms with Gasteiger partial charge in [-0.2, -0.15) is 0 Å².